The zero-order chi connectivity index (χ0) is 51.7. The van der Waals surface area contributed by atoms with Crippen molar-refractivity contribution in [2.24, 2.45) is 0 Å². The third kappa shape index (κ3) is 11.1. The Kier molecular flexibility index (Phi) is 15.4. The number of carbonyl (C=O) groups excluding carboxylic acids is 1. The highest BCUT2D eigenvalue weighted by Gasteiger charge is 2.38. The molecule has 0 saturated carbocycles. The number of aliphatic hydroxyl groups excluding tert-OH is 1. The van der Waals surface area contributed by atoms with Gasteiger partial charge in [-0.15, -0.1) is 10.2 Å². The molecule has 23 nitrogen and oxygen atoms in total. The summed E-state index contributed by atoms with van der Waals surface area (Å²) < 4.78 is 87.4. The smallest absolute Gasteiger partial charge is 0.338 e. The van der Waals surface area contributed by atoms with Crippen LogP contribution in [-0.2, 0) is 37.6 Å². The molecule has 0 bridgehead atoms. The number of hydrogen-bond acceptors (Lipinski definition) is 17. The van der Waals surface area contributed by atoms with Gasteiger partial charge in [0.15, 0.2) is 8.32 Å². The van der Waals surface area contributed by atoms with Gasteiger partial charge in [0, 0.05) is 27.2 Å². The Morgan fingerprint density at radius 3 is 1.79 bits per heavy atom. The van der Waals surface area contributed by atoms with Crippen molar-refractivity contribution in [2.45, 2.75) is 87.7 Å². The number of nitrogens with one attached hydrogen (secondary N) is 1. The van der Waals surface area contributed by atoms with Crippen molar-refractivity contribution in [1.82, 2.24) is 59.0 Å². The van der Waals surface area contributed by atoms with E-state index < -0.39 is 69.0 Å². The number of amides is 1. The number of nitrogens with two attached hydrogens (primary N) is 1. The second-order valence-corrected chi connectivity index (χ2v) is 26.7. The number of fused-ring (bicyclic) bond motifs is 2. The van der Waals surface area contributed by atoms with E-state index in [0.717, 1.165) is 32.9 Å². The molecular weight excluding hydrogens is 975 g/mol. The van der Waals surface area contributed by atoms with Crippen LogP contribution in [0.1, 0.15) is 78.5 Å². The number of hydrogen-bond donors (Lipinski definition) is 4. The van der Waals surface area contributed by atoms with Crippen LogP contribution in [0.5, 0.6) is 0 Å². The van der Waals surface area contributed by atoms with Crippen molar-refractivity contribution in [3.05, 3.63) is 94.6 Å². The molecule has 6 aromatic rings. The van der Waals surface area contributed by atoms with Crippen molar-refractivity contribution in [1.29, 1.82) is 0 Å². The third-order valence-corrected chi connectivity index (χ3v) is 20.0. The summed E-state index contributed by atoms with van der Waals surface area (Å²) in [4.78, 5) is 31.7. The topological polar surface area (TPSA) is 310 Å². The van der Waals surface area contributed by atoms with E-state index in [1.54, 1.807) is 29.8 Å². The average molecular weight is 1030 g/mol. The van der Waals surface area contributed by atoms with Gasteiger partial charge in [-0.25, -0.2) is 49.7 Å². The summed E-state index contributed by atoms with van der Waals surface area (Å²) >= 11 is 0. The SMILES string of the molecule is CN1Cc2cc(F)c(C(=O)O)cc2S1(=O)=O.C[C@H](CO)n1nnnc1-c1cccc(NC(=O)c2cc3c(cc2F)CN(C)S3(=O)=O)n1.C[C@H](CO[Si](C)(C)C(C)(C)C)n1nnnc1-c1cccc(N)n1. The molecule has 0 aliphatic carbocycles. The molecule has 0 unspecified atom stereocenters. The number of benzene rings is 2. The van der Waals surface area contributed by atoms with E-state index in [1.807, 2.05) is 19.1 Å². The van der Waals surface area contributed by atoms with Crippen molar-refractivity contribution < 1.29 is 49.8 Å². The minimum Gasteiger partial charge on any atom is -0.478 e. The molecule has 2 aliphatic heterocycles. The number of aromatic carboxylic acids is 1. The predicted molar refractivity (Wildman–Crippen MR) is 251 cm³/mol. The minimum atomic E-state index is -3.76. The molecule has 8 rings (SSSR count). The van der Waals surface area contributed by atoms with Crippen molar-refractivity contribution in [3.63, 3.8) is 0 Å². The van der Waals surface area contributed by atoms with Gasteiger partial charge >= 0.3 is 5.97 Å². The summed E-state index contributed by atoms with van der Waals surface area (Å²) in [6.07, 6.45) is 0. The number of sulfonamides is 2. The zero-order valence-corrected chi connectivity index (χ0v) is 42.2. The largest absolute Gasteiger partial charge is 0.478 e. The first-order chi connectivity index (χ1) is 32.7. The first-order valence-electron chi connectivity index (χ1n) is 21.3. The predicted octanol–water partition coefficient (Wildman–Crippen LogP) is 4.37. The number of carbonyl (C=O) groups is 2. The molecule has 0 saturated heterocycles. The fourth-order valence-corrected chi connectivity index (χ4v) is 10.5. The molecule has 6 heterocycles. The lowest BCUT2D eigenvalue weighted by Gasteiger charge is -2.36. The Bertz CT molecular complexity index is 3170. The maximum absolute atomic E-state index is 14.5. The van der Waals surface area contributed by atoms with Crippen LogP contribution in [-0.4, -0.2) is 134 Å². The summed E-state index contributed by atoms with van der Waals surface area (Å²) in [6, 6.07) is 13.6. The second-order valence-electron chi connectivity index (χ2n) is 17.9. The first kappa shape index (κ1) is 52.8. The highest BCUT2D eigenvalue weighted by atomic mass is 32.2. The highest BCUT2D eigenvalue weighted by Crippen LogP contribution is 2.37. The zero-order valence-electron chi connectivity index (χ0n) is 39.5. The summed E-state index contributed by atoms with van der Waals surface area (Å²) in [6.45, 7) is 15.4. The van der Waals surface area contributed by atoms with Crippen LogP contribution in [0.2, 0.25) is 18.1 Å². The van der Waals surface area contributed by atoms with E-state index in [2.05, 4.69) is 80.2 Å². The van der Waals surface area contributed by atoms with Gasteiger partial charge in [0.05, 0.1) is 46.2 Å². The number of nitrogen functional groups attached to an aromatic ring is 1. The number of pyridine rings is 2. The van der Waals surface area contributed by atoms with Gasteiger partial charge in [0.2, 0.25) is 31.7 Å². The molecule has 4 aromatic heterocycles. The van der Waals surface area contributed by atoms with E-state index in [4.69, 9.17) is 15.3 Å². The van der Waals surface area contributed by atoms with Gasteiger partial charge in [0.25, 0.3) is 5.91 Å². The maximum Gasteiger partial charge on any atom is 0.338 e. The molecule has 2 aliphatic rings. The average Bonchev–Trinajstić information content (AvgIpc) is 4.07. The van der Waals surface area contributed by atoms with Crippen LogP contribution < -0.4 is 11.1 Å². The van der Waals surface area contributed by atoms with Crippen LogP contribution in [0.4, 0.5) is 20.4 Å². The van der Waals surface area contributed by atoms with E-state index >= 15 is 0 Å². The number of aromatic nitrogens is 10. The molecule has 374 valence electrons. The number of carboxylic acid groups (broad SMARTS) is 1. The van der Waals surface area contributed by atoms with Crippen LogP contribution >= 0.6 is 0 Å². The Morgan fingerprint density at radius 1 is 0.800 bits per heavy atom. The fourth-order valence-electron chi connectivity index (χ4n) is 6.64. The molecule has 2 aromatic carbocycles. The van der Waals surface area contributed by atoms with Crippen LogP contribution in [0, 0.1) is 11.6 Å². The molecule has 0 radical (unpaired) electrons. The lowest BCUT2D eigenvalue weighted by atomic mass is 10.1. The molecule has 5 N–H and O–H groups in total. The van der Waals surface area contributed by atoms with Crippen LogP contribution in [0.3, 0.4) is 0 Å². The number of tetrazole rings is 2. The van der Waals surface area contributed by atoms with Gasteiger partial charge in [-0.3, -0.25) is 4.79 Å². The summed E-state index contributed by atoms with van der Waals surface area (Å²) in [5.74, 6) is -2.67. The number of carboxylic acids is 1. The second kappa shape index (κ2) is 20.4. The number of anilines is 2. The molecule has 0 fully saturated rings. The normalized spacial score (nSPS) is 15.9. The molecule has 70 heavy (non-hydrogen) atoms. The maximum atomic E-state index is 14.5. The fraction of sp³-hybridized carbons (Fsp3) is 0.381. The molecule has 2 atom stereocenters. The summed E-state index contributed by atoms with van der Waals surface area (Å²) in [7, 11) is -6.48. The van der Waals surface area contributed by atoms with E-state index in [0.29, 0.717) is 35.2 Å². The Balaban J connectivity index is 0.000000182. The number of nitrogens with zero attached hydrogens (tertiary/aromatic N) is 12. The lowest BCUT2D eigenvalue weighted by Crippen LogP contribution is -2.42. The minimum absolute atomic E-state index is 0.0114. The van der Waals surface area contributed by atoms with E-state index in [-0.39, 0.29) is 57.8 Å². The monoisotopic (exact) mass is 1030 g/mol. The molecule has 1 amide bonds. The van der Waals surface area contributed by atoms with Crippen molar-refractivity contribution in [3.8, 4) is 23.0 Å². The van der Waals surface area contributed by atoms with Crippen molar-refractivity contribution >= 4 is 51.9 Å². The third-order valence-electron chi connectivity index (χ3n) is 11.7. The first-order valence-corrected chi connectivity index (χ1v) is 27.1. The van der Waals surface area contributed by atoms with E-state index in [9.17, 15) is 40.3 Å². The number of rotatable bonds is 11. The summed E-state index contributed by atoms with van der Waals surface area (Å²) in [5, 5.41) is 43.9. The van der Waals surface area contributed by atoms with Gasteiger partial charge in [-0.1, -0.05) is 32.9 Å². The van der Waals surface area contributed by atoms with E-state index in [1.165, 1.54) is 24.8 Å². The van der Waals surface area contributed by atoms with Crippen LogP contribution in [0.15, 0.2) is 70.5 Å². The van der Waals surface area contributed by atoms with Crippen LogP contribution in [0.25, 0.3) is 23.0 Å². The number of halogens is 2. The highest BCUT2D eigenvalue weighted by molar-refractivity contribution is 7.89. The summed E-state index contributed by atoms with van der Waals surface area (Å²) in [5.41, 5.74) is 6.26. The molecule has 28 heteroatoms. The van der Waals surface area contributed by atoms with Gasteiger partial charge < -0.3 is 25.7 Å². The standard InChI is InChI=1S/C18H18FN7O4S.C15H26N6OSi.C9H8FNO4S/c1-10(9-27)26-17(22-23-24-26)14-4-3-5-16(20-14)21-18(28)12-7-15-11(6-13(12)19)8-25(2)31(15,29)30;1-11(10-22-23(5,6)15(2,3)4)21-14(18-19-20-21)12-8-7-9-13(16)17-12;1-11-4-5-2-7(10)6(9(12)13)3-8(5)16(11,14)15/h3-7,10,27H,8-9H2,1-2H3,(H,20,21,28);7-9,11H,10H2,1-6H3,(H2,16,17);2-3H,4H2,1H3,(H,12,13)/t10-;11-;/m11./s1. The Hall–Kier alpha value is -6.56. The van der Waals surface area contributed by atoms with Gasteiger partial charge in [0.1, 0.15) is 34.7 Å². The van der Waals surface area contributed by atoms with Gasteiger partial charge in [-0.05, 0) is 112 Å². The molecule has 0 spiro atoms. The van der Waals surface area contributed by atoms with Crippen molar-refractivity contribution in [2.75, 3.05) is 38.4 Å². The lowest BCUT2D eigenvalue weighted by molar-refractivity contribution is 0.0691. The quantitative estimate of drug-likeness (QED) is 0.131. The molecular formula is C42H52F2N14O9S2Si. The Labute approximate surface area is 402 Å². The Morgan fingerprint density at radius 2 is 1.29 bits per heavy atom. The number of aliphatic hydroxyl groups is 1. The van der Waals surface area contributed by atoms with Gasteiger partial charge in [-0.2, -0.15) is 8.61 Å².